The van der Waals surface area contributed by atoms with Gasteiger partial charge in [0, 0.05) is 32.8 Å². The molecule has 0 radical (unpaired) electrons. The summed E-state index contributed by atoms with van der Waals surface area (Å²) < 4.78 is 2.55. The Hall–Kier alpha value is -8.72. The fraction of sp³-hybridized carbons (Fsp3) is 0.273. The zero-order valence-corrected chi connectivity index (χ0v) is 56.7. The first-order valence-corrected chi connectivity index (χ1v) is 32.7. The van der Waals surface area contributed by atoms with Crippen LogP contribution in [-0.2, 0) is 32.5 Å². The summed E-state index contributed by atoms with van der Waals surface area (Å²) >= 11 is 0. The van der Waals surface area contributed by atoms with Gasteiger partial charge < -0.3 is 9.47 Å². The summed E-state index contributed by atoms with van der Waals surface area (Å²) in [6.45, 7) is 41.7. The first-order chi connectivity index (χ1) is 42.4. The molecule has 13 aromatic rings. The summed E-state index contributed by atoms with van der Waals surface area (Å²) in [6, 6.07) is 85.1. The van der Waals surface area contributed by atoms with Gasteiger partial charge >= 0.3 is 0 Å². The molecular formula is C88H90N2. The molecule has 2 heteroatoms. The Balaban J connectivity index is 1.12. The Morgan fingerprint density at radius 3 is 1.11 bits per heavy atom. The maximum Gasteiger partial charge on any atom is 0.0541 e. The first kappa shape index (κ1) is 60.2. The maximum absolute atomic E-state index is 2.61. The molecule has 0 fully saturated rings. The Kier molecular flexibility index (Phi) is 14.4. The van der Waals surface area contributed by atoms with Crippen LogP contribution in [0.25, 0.3) is 104 Å². The second-order valence-corrected chi connectivity index (χ2v) is 32.0. The van der Waals surface area contributed by atoms with Crippen LogP contribution in [0.3, 0.4) is 0 Å². The van der Waals surface area contributed by atoms with Crippen LogP contribution < -0.4 is 4.90 Å². The van der Waals surface area contributed by atoms with E-state index in [9.17, 15) is 0 Å². The van der Waals surface area contributed by atoms with Gasteiger partial charge in [0.15, 0.2) is 0 Å². The van der Waals surface area contributed by atoms with Crippen LogP contribution in [0.5, 0.6) is 0 Å². The first-order valence-electron chi connectivity index (χ1n) is 32.7. The van der Waals surface area contributed by atoms with E-state index < -0.39 is 0 Å². The summed E-state index contributed by atoms with van der Waals surface area (Å²) in [6.07, 6.45) is 0. The van der Waals surface area contributed by atoms with Crippen LogP contribution in [0.4, 0.5) is 17.1 Å². The number of anilines is 3. The summed E-state index contributed by atoms with van der Waals surface area (Å²) in [7, 11) is 0. The molecule has 0 aliphatic rings. The second-order valence-electron chi connectivity index (χ2n) is 32.0. The average molecular weight is 1180 g/mol. The normalized spacial score (nSPS) is 13.0. The number of rotatable bonds is 8. The molecule has 12 aromatic carbocycles. The average Bonchev–Trinajstić information content (AvgIpc) is 1.27. The molecule has 452 valence electrons. The second kappa shape index (κ2) is 21.5. The fourth-order valence-electron chi connectivity index (χ4n) is 13.7. The zero-order valence-electron chi connectivity index (χ0n) is 56.7. The third-order valence-corrected chi connectivity index (χ3v) is 19.3. The van der Waals surface area contributed by atoms with Crippen molar-refractivity contribution >= 4 is 71.2 Å². The van der Waals surface area contributed by atoms with Gasteiger partial charge in [0.25, 0.3) is 0 Å². The van der Waals surface area contributed by atoms with Crippen LogP contribution in [0.2, 0.25) is 0 Å². The molecule has 1 heterocycles. The molecule has 0 amide bonds. The van der Waals surface area contributed by atoms with Gasteiger partial charge in [-0.2, -0.15) is 0 Å². The van der Waals surface area contributed by atoms with Crippen molar-refractivity contribution in [1.29, 1.82) is 0 Å². The highest BCUT2D eigenvalue weighted by molar-refractivity contribution is 6.28. The minimum Gasteiger partial charge on any atom is -0.309 e. The van der Waals surface area contributed by atoms with Crippen molar-refractivity contribution in [3.63, 3.8) is 0 Å². The van der Waals surface area contributed by atoms with Gasteiger partial charge in [-0.05, 0) is 193 Å². The Labute approximate surface area is 536 Å². The third kappa shape index (κ3) is 10.9. The predicted molar refractivity (Wildman–Crippen MR) is 393 cm³/mol. The van der Waals surface area contributed by atoms with Crippen molar-refractivity contribution in [2.45, 2.75) is 157 Å². The van der Waals surface area contributed by atoms with Gasteiger partial charge in [-0.1, -0.05) is 276 Å². The number of benzene rings is 12. The van der Waals surface area contributed by atoms with Crippen molar-refractivity contribution < 1.29 is 0 Å². The number of aromatic nitrogens is 1. The van der Waals surface area contributed by atoms with Gasteiger partial charge in [-0.15, -0.1) is 0 Å². The minimum atomic E-state index is -0.127. The molecule has 0 unspecified atom stereocenters. The molecule has 0 aliphatic carbocycles. The standard InChI is InChI=1S/C88H90N2/c1-83(2,3)62-33-23-55(24-34-62)60-49-61(56-25-35-63(36-26-56)84(4,5)6)51-68(50-60)89(78-46-39-65(86(10,11)12)52-73(78)70-22-20-19-21-69(70)57-27-37-64(38-28-57)85(7,8)9)76-44-31-58-30-43-72-77(45-32-59-29-42-71(76)81(58)82(59)72)90-79-47-40-66(87(13,14)15)53-74(79)75-54-67(88(16,17)18)41-48-80(75)90/h19-54H,1-18H3. The van der Waals surface area contributed by atoms with E-state index in [-0.39, 0.29) is 32.5 Å². The molecule has 2 nitrogen and oxygen atoms in total. The van der Waals surface area contributed by atoms with Crippen LogP contribution in [-0.4, -0.2) is 4.57 Å². The van der Waals surface area contributed by atoms with Gasteiger partial charge in [0.2, 0.25) is 0 Å². The third-order valence-electron chi connectivity index (χ3n) is 19.3. The molecule has 0 saturated heterocycles. The van der Waals surface area contributed by atoms with E-state index in [0.717, 1.165) is 28.2 Å². The van der Waals surface area contributed by atoms with Gasteiger partial charge in [-0.3, -0.25) is 0 Å². The lowest BCUT2D eigenvalue weighted by molar-refractivity contribution is 0.590. The van der Waals surface area contributed by atoms with Crippen molar-refractivity contribution in [3.05, 3.63) is 252 Å². The Morgan fingerprint density at radius 1 is 0.256 bits per heavy atom. The monoisotopic (exact) mass is 1170 g/mol. The minimum absolute atomic E-state index is 0.00171. The van der Waals surface area contributed by atoms with E-state index in [2.05, 4.69) is 352 Å². The number of fused-ring (bicyclic) bond motifs is 3. The van der Waals surface area contributed by atoms with Gasteiger partial charge in [0.05, 0.1) is 28.1 Å². The van der Waals surface area contributed by atoms with Crippen molar-refractivity contribution in [1.82, 2.24) is 4.57 Å². The lowest BCUT2D eigenvalue weighted by atomic mass is 9.83. The summed E-state index contributed by atoms with van der Waals surface area (Å²) in [5.41, 5.74) is 24.3. The van der Waals surface area contributed by atoms with Crippen LogP contribution >= 0.6 is 0 Å². The summed E-state index contributed by atoms with van der Waals surface area (Å²) in [4.78, 5) is 2.61. The van der Waals surface area contributed by atoms with Crippen LogP contribution in [0.1, 0.15) is 158 Å². The predicted octanol–water partition coefficient (Wildman–Crippen LogP) is 25.6. The highest BCUT2D eigenvalue weighted by Crippen LogP contribution is 2.51. The van der Waals surface area contributed by atoms with Crippen molar-refractivity contribution in [2.75, 3.05) is 4.90 Å². The van der Waals surface area contributed by atoms with E-state index in [4.69, 9.17) is 0 Å². The summed E-state index contributed by atoms with van der Waals surface area (Å²) in [5.74, 6) is 0. The summed E-state index contributed by atoms with van der Waals surface area (Å²) in [5, 5.41) is 10.00. The highest BCUT2D eigenvalue weighted by atomic mass is 15.1. The lowest BCUT2D eigenvalue weighted by Crippen LogP contribution is -2.15. The highest BCUT2D eigenvalue weighted by Gasteiger charge is 2.29. The maximum atomic E-state index is 2.61. The SMILES string of the molecule is CC(C)(C)c1ccc(-c2cc(-c3ccc(C(C)(C)C)cc3)cc(N(c3ccc(C(C)(C)C)cc3-c3ccccc3-c3ccc(C(C)(C)C)cc3)c3ccc4ccc5c(-n6c7ccc(C(C)(C)C)cc7c7cc(C(C)(C)C)ccc76)ccc6ccc3c4c65)c2)cc1. The zero-order chi connectivity index (χ0) is 63.8. The number of hydrogen-bond acceptors (Lipinski definition) is 1. The van der Waals surface area contributed by atoms with Gasteiger partial charge in [-0.25, -0.2) is 0 Å². The smallest absolute Gasteiger partial charge is 0.0541 e. The molecule has 0 aliphatic heterocycles. The molecule has 13 rings (SSSR count). The van der Waals surface area contributed by atoms with E-state index in [1.165, 1.54) is 127 Å². The fourth-order valence-corrected chi connectivity index (χ4v) is 13.7. The molecular weight excluding hydrogens is 1080 g/mol. The quantitative estimate of drug-likeness (QED) is 0.138. The number of nitrogens with zero attached hydrogens (tertiary/aromatic N) is 2. The van der Waals surface area contributed by atoms with Crippen LogP contribution in [0.15, 0.2) is 218 Å². The molecule has 0 saturated carbocycles. The van der Waals surface area contributed by atoms with E-state index in [1.807, 2.05) is 0 Å². The molecule has 0 bridgehead atoms. The Bertz CT molecular complexity index is 4740. The molecule has 90 heavy (non-hydrogen) atoms. The number of hydrogen-bond donors (Lipinski definition) is 0. The molecule has 0 atom stereocenters. The largest absolute Gasteiger partial charge is 0.309 e. The molecule has 1 aromatic heterocycles. The Morgan fingerprint density at radius 2 is 0.633 bits per heavy atom. The van der Waals surface area contributed by atoms with E-state index in [1.54, 1.807) is 0 Å². The van der Waals surface area contributed by atoms with Crippen molar-refractivity contribution in [2.24, 2.45) is 0 Å². The van der Waals surface area contributed by atoms with E-state index >= 15 is 0 Å². The topological polar surface area (TPSA) is 8.17 Å². The lowest BCUT2D eigenvalue weighted by Gasteiger charge is -2.32. The van der Waals surface area contributed by atoms with Gasteiger partial charge in [0.1, 0.15) is 0 Å². The van der Waals surface area contributed by atoms with Crippen molar-refractivity contribution in [3.8, 4) is 50.2 Å². The van der Waals surface area contributed by atoms with E-state index in [0.29, 0.717) is 0 Å². The molecule has 0 spiro atoms. The molecule has 0 N–H and O–H groups in total. The van der Waals surface area contributed by atoms with Crippen LogP contribution in [0, 0.1) is 0 Å².